The van der Waals surface area contributed by atoms with Crippen LogP contribution in [0.5, 0.6) is 0 Å². The Balaban J connectivity index is 2.43. The second-order valence-corrected chi connectivity index (χ2v) is 3.49. The van der Waals surface area contributed by atoms with Crippen LogP contribution in [-0.4, -0.2) is 30.7 Å². The van der Waals surface area contributed by atoms with E-state index in [9.17, 15) is 4.79 Å². The number of carboxylic acid groups (broad SMARTS) is 1. The Morgan fingerprint density at radius 2 is 2.07 bits per heavy atom. The van der Waals surface area contributed by atoms with Crippen molar-refractivity contribution in [2.24, 2.45) is 5.73 Å². The van der Waals surface area contributed by atoms with Crippen LogP contribution in [0.3, 0.4) is 0 Å². The molecule has 0 amide bonds. The average Bonchev–Trinajstić information content (AvgIpc) is 2.26. The molecule has 15 heavy (non-hydrogen) atoms. The Labute approximate surface area is 89.3 Å². The zero-order valence-electron chi connectivity index (χ0n) is 8.76. The van der Waals surface area contributed by atoms with Gasteiger partial charge in [-0.3, -0.25) is 4.79 Å². The zero-order valence-corrected chi connectivity index (χ0v) is 8.76. The molecule has 0 saturated carbocycles. The van der Waals surface area contributed by atoms with E-state index in [-0.39, 0.29) is 0 Å². The summed E-state index contributed by atoms with van der Waals surface area (Å²) < 4.78 is 0. The van der Waals surface area contributed by atoms with Crippen LogP contribution < -0.4 is 10.6 Å². The first kappa shape index (κ1) is 11.5. The summed E-state index contributed by atoms with van der Waals surface area (Å²) in [6.07, 6.45) is 0.445. The second kappa shape index (κ2) is 5.36. The highest BCUT2D eigenvalue weighted by Crippen LogP contribution is 2.11. The first-order chi connectivity index (χ1) is 7.11. The number of para-hydroxylation sites is 1. The fraction of sp³-hybridized carbons (Fsp3) is 0.364. The van der Waals surface area contributed by atoms with Crippen molar-refractivity contribution in [3.63, 3.8) is 0 Å². The Morgan fingerprint density at radius 3 is 2.60 bits per heavy atom. The molecular weight excluding hydrogens is 192 g/mol. The lowest BCUT2D eigenvalue weighted by molar-refractivity contribution is -0.138. The Hall–Kier alpha value is -1.55. The molecule has 0 heterocycles. The normalized spacial score (nSPS) is 12.1. The average molecular weight is 208 g/mol. The van der Waals surface area contributed by atoms with E-state index in [0.717, 1.165) is 5.69 Å². The fourth-order valence-corrected chi connectivity index (χ4v) is 1.27. The maximum atomic E-state index is 10.5. The third-order valence-corrected chi connectivity index (χ3v) is 2.29. The molecule has 1 rings (SSSR count). The number of carboxylic acids is 1. The molecule has 0 aliphatic carbocycles. The molecule has 3 N–H and O–H groups in total. The standard InChI is InChI=1S/C11H16N2O2/c1-13(8-7-10(12)11(14)15)9-5-3-2-4-6-9/h2-6,10H,7-8,12H2,1H3,(H,14,15). The number of benzene rings is 1. The summed E-state index contributed by atoms with van der Waals surface area (Å²) in [5.74, 6) is -0.948. The summed E-state index contributed by atoms with van der Waals surface area (Å²) in [7, 11) is 1.92. The molecule has 0 saturated heterocycles. The quantitative estimate of drug-likeness (QED) is 0.755. The van der Waals surface area contributed by atoms with Crippen molar-refractivity contribution >= 4 is 11.7 Å². The van der Waals surface area contributed by atoms with Crippen molar-refractivity contribution in [2.75, 3.05) is 18.5 Å². The molecular formula is C11H16N2O2. The Morgan fingerprint density at radius 1 is 1.47 bits per heavy atom. The molecule has 0 aliphatic heterocycles. The smallest absolute Gasteiger partial charge is 0.320 e. The largest absolute Gasteiger partial charge is 0.480 e. The fourth-order valence-electron chi connectivity index (χ4n) is 1.27. The summed E-state index contributed by atoms with van der Waals surface area (Å²) in [5.41, 5.74) is 6.48. The van der Waals surface area contributed by atoms with Crippen LogP contribution in [-0.2, 0) is 4.79 Å². The predicted octanol–water partition coefficient (Wildman–Crippen LogP) is 0.925. The highest BCUT2D eigenvalue weighted by Gasteiger charge is 2.11. The number of nitrogens with two attached hydrogens (primary N) is 1. The summed E-state index contributed by atoms with van der Waals surface area (Å²) in [4.78, 5) is 12.5. The molecule has 82 valence electrons. The summed E-state index contributed by atoms with van der Waals surface area (Å²) in [6, 6.07) is 9.02. The summed E-state index contributed by atoms with van der Waals surface area (Å²) in [6.45, 7) is 0.636. The van der Waals surface area contributed by atoms with Gasteiger partial charge in [-0.25, -0.2) is 0 Å². The summed E-state index contributed by atoms with van der Waals surface area (Å²) >= 11 is 0. The monoisotopic (exact) mass is 208 g/mol. The van der Waals surface area contributed by atoms with Gasteiger partial charge < -0.3 is 15.7 Å². The number of hydrogen-bond donors (Lipinski definition) is 2. The number of hydrogen-bond acceptors (Lipinski definition) is 3. The van der Waals surface area contributed by atoms with Gasteiger partial charge in [0.1, 0.15) is 6.04 Å². The molecule has 0 aliphatic rings. The van der Waals surface area contributed by atoms with Gasteiger partial charge in [0.05, 0.1) is 0 Å². The van der Waals surface area contributed by atoms with E-state index >= 15 is 0 Å². The number of carbonyl (C=O) groups is 1. The molecule has 1 aromatic carbocycles. The summed E-state index contributed by atoms with van der Waals surface area (Å²) in [5, 5.41) is 8.62. The molecule has 4 heteroatoms. The van der Waals surface area contributed by atoms with Crippen molar-refractivity contribution in [3.05, 3.63) is 30.3 Å². The van der Waals surface area contributed by atoms with E-state index in [1.165, 1.54) is 0 Å². The van der Waals surface area contributed by atoms with Gasteiger partial charge >= 0.3 is 5.97 Å². The maximum Gasteiger partial charge on any atom is 0.320 e. The van der Waals surface area contributed by atoms with Crippen molar-refractivity contribution in [1.29, 1.82) is 0 Å². The lowest BCUT2D eigenvalue weighted by Gasteiger charge is -2.20. The van der Waals surface area contributed by atoms with E-state index < -0.39 is 12.0 Å². The van der Waals surface area contributed by atoms with Crippen molar-refractivity contribution in [2.45, 2.75) is 12.5 Å². The SMILES string of the molecule is CN(CCC(N)C(=O)O)c1ccccc1. The van der Waals surface area contributed by atoms with Gasteiger partial charge in [-0.15, -0.1) is 0 Å². The highest BCUT2D eigenvalue weighted by atomic mass is 16.4. The first-order valence-corrected chi connectivity index (χ1v) is 4.86. The number of aliphatic carboxylic acids is 1. The van der Waals surface area contributed by atoms with Gasteiger partial charge in [-0.2, -0.15) is 0 Å². The Bertz CT molecular complexity index is 314. The third kappa shape index (κ3) is 3.59. The lowest BCUT2D eigenvalue weighted by Crippen LogP contribution is -2.34. The van der Waals surface area contributed by atoms with Gasteiger partial charge in [0.15, 0.2) is 0 Å². The van der Waals surface area contributed by atoms with E-state index in [0.29, 0.717) is 13.0 Å². The van der Waals surface area contributed by atoms with Gasteiger partial charge in [0, 0.05) is 19.3 Å². The van der Waals surface area contributed by atoms with Crippen LogP contribution in [0.2, 0.25) is 0 Å². The minimum atomic E-state index is -0.948. The van der Waals surface area contributed by atoms with Gasteiger partial charge in [0.25, 0.3) is 0 Å². The lowest BCUT2D eigenvalue weighted by atomic mass is 10.2. The molecule has 0 fully saturated rings. The highest BCUT2D eigenvalue weighted by molar-refractivity contribution is 5.73. The number of rotatable bonds is 5. The van der Waals surface area contributed by atoms with Crippen LogP contribution in [0.1, 0.15) is 6.42 Å². The van der Waals surface area contributed by atoms with Gasteiger partial charge in [0.2, 0.25) is 0 Å². The first-order valence-electron chi connectivity index (χ1n) is 4.86. The van der Waals surface area contributed by atoms with E-state index in [4.69, 9.17) is 10.8 Å². The molecule has 0 aromatic heterocycles. The van der Waals surface area contributed by atoms with E-state index in [1.807, 2.05) is 42.3 Å². The molecule has 1 aromatic rings. The third-order valence-electron chi connectivity index (χ3n) is 2.29. The molecule has 4 nitrogen and oxygen atoms in total. The van der Waals surface area contributed by atoms with E-state index in [1.54, 1.807) is 0 Å². The number of nitrogens with zero attached hydrogens (tertiary/aromatic N) is 1. The van der Waals surface area contributed by atoms with Gasteiger partial charge in [-0.1, -0.05) is 18.2 Å². The van der Waals surface area contributed by atoms with Crippen LogP contribution in [0.25, 0.3) is 0 Å². The molecule has 1 atom stereocenters. The van der Waals surface area contributed by atoms with Crippen LogP contribution >= 0.6 is 0 Å². The minimum Gasteiger partial charge on any atom is -0.480 e. The Kier molecular flexibility index (Phi) is 4.12. The second-order valence-electron chi connectivity index (χ2n) is 3.49. The minimum absolute atomic E-state index is 0.445. The van der Waals surface area contributed by atoms with Crippen molar-refractivity contribution in [3.8, 4) is 0 Å². The van der Waals surface area contributed by atoms with E-state index in [2.05, 4.69) is 0 Å². The molecule has 0 radical (unpaired) electrons. The molecule has 0 spiro atoms. The maximum absolute atomic E-state index is 10.5. The van der Waals surface area contributed by atoms with Crippen LogP contribution in [0.4, 0.5) is 5.69 Å². The zero-order chi connectivity index (χ0) is 11.3. The van der Waals surface area contributed by atoms with Gasteiger partial charge in [-0.05, 0) is 18.6 Å². The predicted molar refractivity (Wildman–Crippen MR) is 59.9 cm³/mol. The topological polar surface area (TPSA) is 66.6 Å². The molecule has 1 unspecified atom stereocenters. The van der Waals surface area contributed by atoms with Crippen molar-refractivity contribution < 1.29 is 9.90 Å². The van der Waals surface area contributed by atoms with Crippen LogP contribution in [0, 0.1) is 0 Å². The molecule has 0 bridgehead atoms. The van der Waals surface area contributed by atoms with Crippen LogP contribution in [0.15, 0.2) is 30.3 Å². The number of anilines is 1. The van der Waals surface area contributed by atoms with Crippen molar-refractivity contribution in [1.82, 2.24) is 0 Å².